The van der Waals surface area contributed by atoms with Crippen molar-refractivity contribution in [2.24, 2.45) is 0 Å². The number of rotatable bonds is 6. The second-order valence-electron chi connectivity index (χ2n) is 16.9. The van der Waals surface area contributed by atoms with E-state index in [1.165, 1.54) is 61.3 Å². The summed E-state index contributed by atoms with van der Waals surface area (Å²) < 4.78 is 0. The van der Waals surface area contributed by atoms with Crippen molar-refractivity contribution >= 4 is 28.3 Å². The highest BCUT2D eigenvalue weighted by Gasteiger charge is 2.50. The SMILES string of the molecule is C=C1/C=C\C=C/N(C2=CCCC=C2)c2cc(N(c3ccccc3)c3ccc(C4(c5cccc6c5C(C)(C)c5ccccc5-6)c5ccccc5-c5ccccc54)cc3)ccc21. The van der Waals surface area contributed by atoms with Crippen LogP contribution >= 0.6 is 0 Å². The molecule has 60 heavy (non-hydrogen) atoms. The molecule has 0 saturated carbocycles. The van der Waals surface area contributed by atoms with E-state index in [-0.39, 0.29) is 5.41 Å². The molecule has 0 aromatic heterocycles. The van der Waals surface area contributed by atoms with Crippen LogP contribution in [0.15, 0.2) is 219 Å². The molecule has 3 aliphatic carbocycles. The number of para-hydroxylation sites is 1. The van der Waals surface area contributed by atoms with Crippen molar-refractivity contribution < 1.29 is 0 Å². The first-order valence-electron chi connectivity index (χ1n) is 21.2. The summed E-state index contributed by atoms with van der Waals surface area (Å²) in [7, 11) is 0. The molecule has 0 atom stereocenters. The van der Waals surface area contributed by atoms with E-state index < -0.39 is 5.41 Å². The minimum atomic E-state index is -0.543. The summed E-state index contributed by atoms with van der Waals surface area (Å²) in [4.78, 5) is 4.70. The number of fused-ring (bicyclic) bond motifs is 7. The number of anilines is 4. The molecule has 11 rings (SSSR count). The molecular weight excluding hydrogens is 725 g/mol. The van der Waals surface area contributed by atoms with Gasteiger partial charge in [-0.25, -0.2) is 0 Å². The van der Waals surface area contributed by atoms with Gasteiger partial charge in [-0.3, -0.25) is 0 Å². The van der Waals surface area contributed by atoms with Gasteiger partial charge in [-0.15, -0.1) is 0 Å². The third kappa shape index (κ3) is 5.34. The summed E-state index contributed by atoms with van der Waals surface area (Å²) in [6, 6.07) is 61.2. The van der Waals surface area contributed by atoms with Crippen LogP contribution in [0.5, 0.6) is 0 Å². The van der Waals surface area contributed by atoms with E-state index >= 15 is 0 Å². The van der Waals surface area contributed by atoms with E-state index in [1.54, 1.807) is 0 Å². The monoisotopic (exact) mass is 770 g/mol. The normalized spacial score (nSPS) is 17.3. The lowest BCUT2D eigenvalue weighted by molar-refractivity contribution is 0.631. The lowest BCUT2D eigenvalue weighted by Gasteiger charge is -2.38. The van der Waals surface area contributed by atoms with Gasteiger partial charge in [0.05, 0.1) is 11.1 Å². The first kappa shape index (κ1) is 36.0. The van der Waals surface area contributed by atoms with Crippen molar-refractivity contribution in [1.29, 1.82) is 0 Å². The first-order valence-corrected chi connectivity index (χ1v) is 21.2. The third-order valence-electron chi connectivity index (χ3n) is 13.3. The molecule has 0 N–H and O–H groups in total. The summed E-state index contributed by atoms with van der Waals surface area (Å²) in [5.74, 6) is 0. The van der Waals surface area contributed by atoms with E-state index in [0.717, 1.165) is 46.7 Å². The van der Waals surface area contributed by atoms with E-state index in [2.05, 4.69) is 237 Å². The highest BCUT2D eigenvalue weighted by Crippen LogP contribution is 2.61. The molecule has 0 saturated heterocycles. The quantitative estimate of drug-likeness (QED) is 0.166. The number of benzene rings is 7. The predicted molar refractivity (Wildman–Crippen MR) is 252 cm³/mol. The number of nitrogens with zero attached hydrogens (tertiary/aromatic N) is 2. The lowest BCUT2D eigenvalue weighted by atomic mass is 9.63. The van der Waals surface area contributed by atoms with Crippen LogP contribution < -0.4 is 9.80 Å². The van der Waals surface area contributed by atoms with Gasteiger partial charge in [-0.1, -0.05) is 172 Å². The highest BCUT2D eigenvalue weighted by molar-refractivity contribution is 5.92. The summed E-state index contributed by atoms with van der Waals surface area (Å²) in [5.41, 5.74) is 20.2. The van der Waals surface area contributed by atoms with Gasteiger partial charge in [0.25, 0.3) is 0 Å². The van der Waals surface area contributed by atoms with Crippen LogP contribution in [-0.4, -0.2) is 0 Å². The molecule has 0 spiro atoms. The van der Waals surface area contributed by atoms with Gasteiger partial charge in [0, 0.05) is 39.9 Å². The van der Waals surface area contributed by atoms with Crippen molar-refractivity contribution in [3.63, 3.8) is 0 Å². The van der Waals surface area contributed by atoms with Gasteiger partial charge in [-0.2, -0.15) is 0 Å². The van der Waals surface area contributed by atoms with Gasteiger partial charge < -0.3 is 9.80 Å². The third-order valence-corrected chi connectivity index (χ3v) is 13.3. The second-order valence-corrected chi connectivity index (χ2v) is 16.9. The van der Waals surface area contributed by atoms with E-state index in [9.17, 15) is 0 Å². The largest absolute Gasteiger partial charge is 0.317 e. The van der Waals surface area contributed by atoms with Gasteiger partial charge in [0.1, 0.15) is 0 Å². The maximum absolute atomic E-state index is 4.48. The Labute approximate surface area is 354 Å². The fraction of sp³-hybridized carbons (Fsp3) is 0.103. The van der Waals surface area contributed by atoms with Gasteiger partial charge in [0.2, 0.25) is 0 Å². The van der Waals surface area contributed by atoms with Crippen LogP contribution in [0.3, 0.4) is 0 Å². The fourth-order valence-corrected chi connectivity index (χ4v) is 10.6. The van der Waals surface area contributed by atoms with E-state index in [1.807, 2.05) is 0 Å². The number of hydrogen-bond donors (Lipinski definition) is 0. The molecule has 0 bridgehead atoms. The zero-order valence-corrected chi connectivity index (χ0v) is 34.1. The van der Waals surface area contributed by atoms with Crippen molar-refractivity contribution in [1.82, 2.24) is 0 Å². The van der Waals surface area contributed by atoms with E-state index in [0.29, 0.717) is 0 Å². The Hall–Kier alpha value is -7.16. The first-order chi connectivity index (χ1) is 29.5. The topological polar surface area (TPSA) is 6.48 Å². The Bertz CT molecular complexity index is 2930. The standard InChI is InChI=1S/C58H46N2/c1-40-19-16-17-38-59(42-20-6-4-7-21-42)55-39-45(36-37-46(40)55)60(43-22-8-5-9-23-43)44-34-32-41(33-35-44)58(52-29-14-11-24-47(52)48-25-12-15-30-53(48)58)54-31-18-27-50-49-26-10-13-28-51(49)57(2,3)56(50)54/h5-6,8-39H,1,4,7H2,2-3H3/b19-16-,38-17-. The molecule has 1 heterocycles. The maximum atomic E-state index is 4.48. The van der Waals surface area contributed by atoms with Crippen LogP contribution in [0.4, 0.5) is 22.7 Å². The van der Waals surface area contributed by atoms with Crippen LogP contribution in [-0.2, 0) is 10.8 Å². The van der Waals surface area contributed by atoms with Crippen LogP contribution in [0.2, 0.25) is 0 Å². The summed E-state index contributed by atoms with van der Waals surface area (Å²) in [6.07, 6.45) is 17.4. The molecule has 288 valence electrons. The molecule has 0 radical (unpaired) electrons. The molecule has 4 aliphatic rings. The van der Waals surface area contributed by atoms with Crippen molar-refractivity contribution in [3.05, 3.63) is 258 Å². The van der Waals surface area contributed by atoms with E-state index in [4.69, 9.17) is 0 Å². The van der Waals surface area contributed by atoms with Crippen molar-refractivity contribution in [2.75, 3.05) is 9.80 Å². The van der Waals surface area contributed by atoms with Crippen LogP contribution in [0.25, 0.3) is 27.8 Å². The molecule has 0 fully saturated rings. The van der Waals surface area contributed by atoms with Gasteiger partial charge in [0.15, 0.2) is 0 Å². The molecular formula is C58H46N2. The van der Waals surface area contributed by atoms with Crippen molar-refractivity contribution in [2.45, 2.75) is 37.5 Å². The Kier molecular flexibility index (Phi) is 8.39. The zero-order chi connectivity index (χ0) is 40.4. The Morgan fingerprint density at radius 2 is 1.12 bits per heavy atom. The number of hydrogen-bond acceptors (Lipinski definition) is 2. The molecule has 7 aromatic carbocycles. The zero-order valence-electron chi connectivity index (χ0n) is 34.1. The average Bonchev–Trinajstić information content (AvgIpc) is 3.73. The average molecular weight is 771 g/mol. The lowest BCUT2D eigenvalue weighted by Crippen LogP contribution is -2.32. The minimum Gasteiger partial charge on any atom is -0.317 e. The second kappa shape index (κ2) is 14.0. The van der Waals surface area contributed by atoms with Crippen LogP contribution in [0, 0.1) is 0 Å². The Balaban J connectivity index is 1.12. The number of allylic oxidation sites excluding steroid dienone is 7. The molecule has 2 heteroatoms. The summed E-state index contributed by atoms with van der Waals surface area (Å²) in [5, 5.41) is 0. The Morgan fingerprint density at radius 3 is 1.82 bits per heavy atom. The molecule has 0 amide bonds. The van der Waals surface area contributed by atoms with Crippen LogP contribution in [0.1, 0.15) is 65.6 Å². The summed E-state index contributed by atoms with van der Waals surface area (Å²) >= 11 is 0. The van der Waals surface area contributed by atoms with Gasteiger partial charge in [-0.05, 0) is 123 Å². The summed E-state index contributed by atoms with van der Waals surface area (Å²) in [6.45, 7) is 9.30. The Morgan fingerprint density at radius 1 is 0.517 bits per heavy atom. The molecule has 1 aliphatic heterocycles. The van der Waals surface area contributed by atoms with Crippen molar-refractivity contribution in [3.8, 4) is 22.3 Å². The predicted octanol–water partition coefficient (Wildman–Crippen LogP) is 15.0. The molecule has 2 nitrogen and oxygen atoms in total. The highest BCUT2D eigenvalue weighted by atomic mass is 15.2. The smallest absolute Gasteiger partial charge is 0.0716 e. The fourth-order valence-electron chi connectivity index (χ4n) is 10.6. The minimum absolute atomic E-state index is 0.190. The molecule has 7 aromatic rings. The molecule has 0 unspecified atom stereocenters. The van der Waals surface area contributed by atoms with Gasteiger partial charge >= 0.3 is 0 Å². The maximum Gasteiger partial charge on any atom is 0.0716 e.